The van der Waals surface area contributed by atoms with E-state index in [1.807, 2.05) is 24.3 Å². The van der Waals surface area contributed by atoms with Gasteiger partial charge in [-0.2, -0.15) is 0 Å². The highest BCUT2D eigenvalue weighted by molar-refractivity contribution is 9.10. The molecular formula is C15H20BrNO4. The van der Waals surface area contributed by atoms with Crippen molar-refractivity contribution in [3.63, 3.8) is 0 Å². The van der Waals surface area contributed by atoms with Crippen molar-refractivity contribution in [2.24, 2.45) is 0 Å². The van der Waals surface area contributed by atoms with Crippen molar-refractivity contribution >= 4 is 28.0 Å². The van der Waals surface area contributed by atoms with Crippen LogP contribution in [0.4, 0.5) is 4.79 Å². The number of amides is 1. The number of carbonyl (C=O) groups excluding carboxylic acids is 2. The second-order valence-electron chi connectivity index (χ2n) is 5.53. The molecule has 0 aliphatic heterocycles. The molecule has 0 aliphatic carbocycles. The quantitative estimate of drug-likeness (QED) is 0.836. The third kappa shape index (κ3) is 6.62. The molecule has 1 rings (SSSR count). The first-order chi connectivity index (χ1) is 9.71. The van der Waals surface area contributed by atoms with Gasteiger partial charge in [0.05, 0.1) is 19.6 Å². The van der Waals surface area contributed by atoms with Gasteiger partial charge in [-0.25, -0.2) is 4.79 Å². The maximum atomic E-state index is 11.9. The molecule has 0 bridgehead atoms. The fourth-order valence-electron chi connectivity index (χ4n) is 1.65. The average molecular weight is 358 g/mol. The van der Waals surface area contributed by atoms with E-state index < -0.39 is 23.7 Å². The van der Waals surface area contributed by atoms with Gasteiger partial charge in [0.25, 0.3) is 0 Å². The van der Waals surface area contributed by atoms with Crippen LogP contribution in [-0.4, -0.2) is 24.8 Å². The molecule has 0 unspecified atom stereocenters. The van der Waals surface area contributed by atoms with E-state index in [0.29, 0.717) is 0 Å². The zero-order chi connectivity index (χ0) is 16.0. The Hall–Kier alpha value is -1.56. The number of alkyl carbamates (subject to hydrolysis) is 1. The van der Waals surface area contributed by atoms with E-state index in [2.05, 4.69) is 26.0 Å². The number of methoxy groups -OCH3 is 1. The monoisotopic (exact) mass is 357 g/mol. The van der Waals surface area contributed by atoms with Crippen LogP contribution in [0.25, 0.3) is 0 Å². The van der Waals surface area contributed by atoms with Gasteiger partial charge < -0.3 is 14.8 Å². The summed E-state index contributed by atoms with van der Waals surface area (Å²) >= 11 is 3.35. The Labute approximate surface area is 133 Å². The van der Waals surface area contributed by atoms with Gasteiger partial charge in [-0.1, -0.05) is 28.1 Å². The summed E-state index contributed by atoms with van der Waals surface area (Å²) in [7, 11) is 1.31. The van der Waals surface area contributed by atoms with E-state index in [9.17, 15) is 9.59 Å². The minimum atomic E-state index is -0.598. The molecule has 1 aromatic rings. The molecule has 116 valence electrons. The smallest absolute Gasteiger partial charge is 0.408 e. The van der Waals surface area contributed by atoms with Crippen molar-refractivity contribution in [3.05, 3.63) is 34.3 Å². The zero-order valence-electron chi connectivity index (χ0n) is 12.6. The number of ether oxygens (including phenoxy) is 2. The van der Waals surface area contributed by atoms with Crippen molar-refractivity contribution < 1.29 is 19.1 Å². The molecule has 0 fully saturated rings. The third-order valence-electron chi connectivity index (χ3n) is 2.56. The van der Waals surface area contributed by atoms with Gasteiger partial charge in [0.2, 0.25) is 0 Å². The molecule has 0 spiro atoms. The molecule has 1 amide bonds. The average Bonchev–Trinajstić information content (AvgIpc) is 2.36. The van der Waals surface area contributed by atoms with Gasteiger partial charge >= 0.3 is 12.1 Å². The Kier molecular flexibility index (Phi) is 6.20. The molecule has 6 heteroatoms. The highest BCUT2D eigenvalue weighted by Gasteiger charge is 2.22. The SMILES string of the molecule is COC(=O)C[C@@H](NC(=O)OC(C)(C)C)c1ccc(Br)cc1. The molecule has 1 aromatic carbocycles. The fourth-order valence-corrected chi connectivity index (χ4v) is 1.91. The van der Waals surface area contributed by atoms with Crippen molar-refractivity contribution in [3.8, 4) is 0 Å². The summed E-state index contributed by atoms with van der Waals surface area (Å²) in [5.74, 6) is -0.404. The molecular weight excluding hydrogens is 338 g/mol. The minimum absolute atomic E-state index is 0.0391. The normalized spacial score (nSPS) is 12.4. The summed E-state index contributed by atoms with van der Waals surface area (Å²) < 4.78 is 10.8. The van der Waals surface area contributed by atoms with E-state index in [0.717, 1.165) is 10.0 Å². The minimum Gasteiger partial charge on any atom is -0.469 e. The van der Waals surface area contributed by atoms with Crippen LogP contribution in [0.5, 0.6) is 0 Å². The number of esters is 1. The van der Waals surface area contributed by atoms with E-state index in [1.165, 1.54) is 7.11 Å². The summed E-state index contributed by atoms with van der Waals surface area (Å²) in [4.78, 5) is 23.4. The van der Waals surface area contributed by atoms with Gasteiger partial charge in [-0.3, -0.25) is 4.79 Å². The Morgan fingerprint density at radius 1 is 1.24 bits per heavy atom. The predicted molar refractivity (Wildman–Crippen MR) is 82.9 cm³/mol. The number of carbonyl (C=O) groups is 2. The Bertz CT molecular complexity index is 493. The number of halogens is 1. The zero-order valence-corrected chi connectivity index (χ0v) is 14.2. The maximum Gasteiger partial charge on any atom is 0.408 e. The van der Waals surface area contributed by atoms with Crippen LogP contribution in [0.1, 0.15) is 38.8 Å². The second-order valence-corrected chi connectivity index (χ2v) is 6.45. The first kappa shape index (κ1) is 17.5. The van der Waals surface area contributed by atoms with E-state index in [-0.39, 0.29) is 6.42 Å². The van der Waals surface area contributed by atoms with Crippen LogP contribution in [0.2, 0.25) is 0 Å². The van der Waals surface area contributed by atoms with Gasteiger partial charge in [-0.05, 0) is 38.5 Å². The van der Waals surface area contributed by atoms with Gasteiger partial charge in [0.1, 0.15) is 5.60 Å². The van der Waals surface area contributed by atoms with Crippen LogP contribution in [0, 0.1) is 0 Å². The highest BCUT2D eigenvalue weighted by atomic mass is 79.9. The highest BCUT2D eigenvalue weighted by Crippen LogP contribution is 2.21. The number of hydrogen-bond acceptors (Lipinski definition) is 4. The topological polar surface area (TPSA) is 64.6 Å². The molecule has 0 saturated carbocycles. The van der Waals surface area contributed by atoms with Crippen LogP contribution in [-0.2, 0) is 14.3 Å². The molecule has 0 saturated heterocycles. The lowest BCUT2D eigenvalue weighted by atomic mass is 10.0. The van der Waals surface area contributed by atoms with Crippen molar-refractivity contribution in [1.82, 2.24) is 5.32 Å². The predicted octanol–water partition coefficient (Wildman–Crippen LogP) is 3.58. The summed E-state index contributed by atoms with van der Waals surface area (Å²) in [5.41, 5.74) is 0.203. The summed E-state index contributed by atoms with van der Waals surface area (Å²) in [6, 6.07) is 6.84. The molecule has 0 aliphatic rings. The standard InChI is InChI=1S/C15H20BrNO4/c1-15(2,3)21-14(19)17-12(9-13(18)20-4)10-5-7-11(16)8-6-10/h5-8,12H,9H2,1-4H3,(H,17,19)/t12-/m1/s1. The lowest BCUT2D eigenvalue weighted by Crippen LogP contribution is -2.35. The fraction of sp³-hybridized carbons (Fsp3) is 0.467. The second kappa shape index (κ2) is 7.45. The molecule has 0 radical (unpaired) electrons. The number of rotatable bonds is 4. The molecule has 0 heterocycles. The summed E-state index contributed by atoms with van der Waals surface area (Å²) in [6.45, 7) is 5.34. The molecule has 5 nitrogen and oxygen atoms in total. The lowest BCUT2D eigenvalue weighted by molar-refractivity contribution is -0.141. The van der Waals surface area contributed by atoms with Gasteiger partial charge in [0, 0.05) is 4.47 Å². The Morgan fingerprint density at radius 3 is 2.29 bits per heavy atom. The van der Waals surface area contributed by atoms with E-state index >= 15 is 0 Å². The Morgan fingerprint density at radius 2 is 1.81 bits per heavy atom. The van der Waals surface area contributed by atoms with Crippen LogP contribution in [0.3, 0.4) is 0 Å². The van der Waals surface area contributed by atoms with Gasteiger partial charge in [0.15, 0.2) is 0 Å². The van der Waals surface area contributed by atoms with E-state index in [1.54, 1.807) is 20.8 Å². The summed E-state index contributed by atoms with van der Waals surface area (Å²) in [6.07, 6.45) is -0.531. The largest absolute Gasteiger partial charge is 0.469 e. The third-order valence-corrected chi connectivity index (χ3v) is 3.09. The van der Waals surface area contributed by atoms with Crippen LogP contribution in [0.15, 0.2) is 28.7 Å². The van der Waals surface area contributed by atoms with Crippen molar-refractivity contribution in [2.45, 2.75) is 38.8 Å². The lowest BCUT2D eigenvalue weighted by Gasteiger charge is -2.23. The van der Waals surface area contributed by atoms with Crippen molar-refractivity contribution in [1.29, 1.82) is 0 Å². The van der Waals surface area contributed by atoms with Crippen molar-refractivity contribution in [2.75, 3.05) is 7.11 Å². The van der Waals surface area contributed by atoms with E-state index in [4.69, 9.17) is 4.74 Å². The first-order valence-electron chi connectivity index (χ1n) is 6.53. The summed E-state index contributed by atoms with van der Waals surface area (Å²) in [5, 5.41) is 2.70. The number of hydrogen-bond donors (Lipinski definition) is 1. The first-order valence-corrected chi connectivity index (χ1v) is 7.32. The van der Waals surface area contributed by atoms with Gasteiger partial charge in [-0.15, -0.1) is 0 Å². The van der Waals surface area contributed by atoms with Crippen LogP contribution >= 0.6 is 15.9 Å². The van der Waals surface area contributed by atoms with Crippen LogP contribution < -0.4 is 5.32 Å². The molecule has 21 heavy (non-hydrogen) atoms. The molecule has 1 atom stereocenters. The molecule has 1 N–H and O–H groups in total. The maximum absolute atomic E-state index is 11.9. The Balaban J connectivity index is 2.84. The number of nitrogens with one attached hydrogen (secondary N) is 1. The number of benzene rings is 1. The molecule has 0 aromatic heterocycles.